The van der Waals surface area contributed by atoms with Gasteiger partial charge in [-0.2, -0.15) is 0 Å². The number of non-ortho nitro benzene ring substituents is 1. The first kappa shape index (κ1) is 24.9. The lowest BCUT2D eigenvalue weighted by Gasteiger charge is -2.22. The average molecular weight is 489 g/mol. The zero-order chi connectivity index (χ0) is 25.7. The number of carbonyl (C=O) groups excluding carboxylic acids is 2. The third-order valence-corrected chi connectivity index (χ3v) is 6.54. The molecule has 0 spiro atoms. The van der Waals surface area contributed by atoms with Crippen molar-refractivity contribution in [2.45, 2.75) is 31.7 Å². The van der Waals surface area contributed by atoms with Crippen LogP contribution in [-0.2, 0) is 20.7 Å². The van der Waals surface area contributed by atoms with Crippen molar-refractivity contribution < 1.29 is 24.0 Å². The summed E-state index contributed by atoms with van der Waals surface area (Å²) in [6.07, 6.45) is 0.123. The van der Waals surface area contributed by atoms with E-state index in [2.05, 4.69) is 29.6 Å². The van der Waals surface area contributed by atoms with E-state index in [0.29, 0.717) is 12.8 Å². The van der Waals surface area contributed by atoms with Crippen molar-refractivity contribution in [3.05, 3.63) is 99.6 Å². The lowest BCUT2D eigenvalue weighted by molar-refractivity contribution is -0.384. The van der Waals surface area contributed by atoms with Crippen molar-refractivity contribution in [2.75, 3.05) is 13.7 Å². The monoisotopic (exact) mass is 488 g/mol. The summed E-state index contributed by atoms with van der Waals surface area (Å²) in [6.45, 7) is 1.91. The van der Waals surface area contributed by atoms with Crippen LogP contribution in [0.15, 0.2) is 72.8 Å². The maximum Gasteiger partial charge on any atom is 0.407 e. The number of ether oxygens (including phenoxy) is 2. The van der Waals surface area contributed by atoms with E-state index in [9.17, 15) is 19.7 Å². The molecule has 0 saturated carbocycles. The summed E-state index contributed by atoms with van der Waals surface area (Å²) in [7, 11) is 1.32. The minimum atomic E-state index is -0.583. The number of hydrogen-bond acceptors (Lipinski definition) is 6. The third kappa shape index (κ3) is 5.54. The van der Waals surface area contributed by atoms with Crippen LogP contribution in [0.3, 0.4) is 0 Å². The summed E-state index contributed by atoms with van der Waals surface area (Å²) in [6, 6.07) is 21.9. The molecule has 0 aliphatic heterocycles. The number of rotatable bonds is 9. The van der Waals surface area contributed by atoms with Gasteiger partial charge in [-0.05, 0) is 40.7 Å². The van der Waals surface area contributed by atoms with Crippen molar-refractivity contribution in [3.8, 4) is 11.1 Å². The first-order chi connectivity index (χ1) is 17.4. The molecule has 1 aliphatic rings. The van der Waals surface area contributed by atoms with E-state index in [0.717, 1.165) is 27.8 Å². The number of carbonyl (C=O) groups is 2. The number of alkyl carbamates (subject to hydrolysis) is 1. The first-order valence-electron chi connectivity index (χ1n) is 11.8. The maximum atomic E-state index is 12.8. The average Bonchev–Trinajstić information content (AvgIpc) is 3.21. The molecule has 1 amide bonds. The number of benzene rings is 3. The van der Waals surface area contributed by atoms with Gasteiger partial charge in [-0.3, -0.25) is 14.9 Å². The SMILES string of the molecule is COC(=O)[C@@H](C)C[C@H](Cc1ccc([N+](=O)[O-])cc1)NC(=O)OCC1c2ccccc2-c2ccccc21. The molecule has 0 radical (unpaired) electrons. The Balaban J connectivity index is 1.44. The van der Waals surface area contributed by atoms with Crippen molar-refractivity contribution in [1.29, 1.82) is 0 Å². The molecule has 2 atom stereocenters. The quantitative estimate of drug-likeness (QED) is 0.251. The Morgan fingerprint density at radius 3 is 2.11 bits per heavy atom. The number of nitrogens with zero attached hydrogens (tertiary/aromatic N) is 1. The highest BCUT2D eigenvalue weighted by Crippen LogP contribution is 2.44. The molecule has 8 nitrogen and oxygen atoms in total. The predicted molar refractivity (Wildman–Crippen MR) is 135 cm³/mol. The summed E-state index contributed by atoms with van der Waals surface area (Å²) < 4.78 is 10.5. The zero-order valence-corrected chi connectivity index (χ0v) is 20.2. The van der Waals surface area contributed by atoms with E-state index >= 15 is 0 Å². The van der Waals surface area contributed by atoms with Gasteiger partial charge in [-0.1, -0.05) is 67.6 Å². The van der Waals surface area contributed by atoms with Crippen molar-refractivity contribution in [1.82, 2.24) is 5.32 Å². The van der Waals surface area contributed by atoms with Crippen LogP contribution in [-0.4, -0.2) is 36.7 Å². The Morgan fingerprint density at radius 2 is 1.56 bits per heavy atom. The molecule has 1 aliphatic carbocycles. The van der Waals surface area contributed by atoms with E-state index in [-0.39, 0.29) is 24.2 Å². The molecule has 4 rings (SSSR count). The lowest BCUT2D eigenvalue weighted by Crippen LogP contribution is -2.39. The maximum absolute atomic E-state index is 12.8. The molecule has 0 fully saturated rings. The van der Waals surface area contributed by atoms with Crippen molar-refractivity contribution in [3.63, 3.8) is 0 Å². The molecule has 0 aromatic heterocycles. The first-order valence-corrected chi connectivity index (χ1v) is 11.8. The Kier molecular flexibility index (Phi) is 7.63. The molecule has 3 aromatic rings. The van der Waals surface area contributed by atoms with Crippen LogP contribution in [0.25, 0.3) is 11.1 Å². The minimum Gasteiger partial charge on any atom is -0.469 e. The fourth-order valence-corrected chi connectivity index (χ4v) is 4.76. The second kappa shape index (κ2) is 11.0. The van der Waals surface area contributed by atoms with E-state index in [1.807, 2.05) is 24.3 Å². The molecule has 0 unspecified atom stereocenters. The molecule has 36 heavy (non-hydrogen) atoms. The van der Waals surface area contributed by atoms with Gasteiger partial charge in [0.15, 0.2) is 0 Å². The fraction of sp³-hybridized carbons (Fsp3) is 0.286. The molecule has 186 valence electrons. The second-order valence-corrected chi connectivity index (χ2v) is 8.95. The second-order valence-electron chi connectivity index (χ2n) is 8.95. The van der Waals surface area contributed by atoms with Gasteiger partial charge in [0, 0.05) is 24.1 Å². The fourth-order valence-electron chi connectivity index (χ4n) is 4.76. The Bertz CT molecular complexity index is 1210. The van der Waals surface area contributed by atoms with E-state index < -0.39 is 23.0 Å². The highest BCUT2D eigenvalue weighted by molar-refractivity contribution is 5.79. The Hall–Kier alpha value is -4.20. The highest BCUT2D eigenvalue weighted by Gasteiger charge is 2.29. The Labute approximate surface area is 209 Å². The summed E-state index contributed by atoms with van der Waals surface area (Å²) in [5.74, 6) is -0.893. The van der Waals surface area contributed by atoms with Gasteiger partial charge in [0.25, 0.3) is 5.69 Å². The molecule has 3 aromatic carbocycles. The van der Waals surface area contributed by atoms with Crippen molar-refractivity contribution >= 4 is 17.7 Å². The lowest BCUT2D eigenvalue weighted by atomic mass is 9.96. The normalized spacial score (nSPS) is 13.7. The van der Waals surface area contributed by atoms with Crippen LogP contribution in [0, 0.1) is 16.0 Å². The number of esters is 1. The van der Waals surface area contributed by atoms with E-state index in [1.54, 1.807) is 19.1 Å². The van der Waals surface area contributed by atoms with Gasteiger partial charge < -0.3 is 14.8 Å². The molecular formula is C28H28N2O6. The summed E-state index contributed by atoms with van der Waals surface area (Å²) in [5.41, 5.74) is 5.31. The van der Waals surface area contributed by atoms with Gasteiger partial charge in [0.1, 0.15) is 6.61 Å². The van der Waals surface area contributed by atoms with Gasteiger partial charge in [-0.15, -0.1) is 0 Å². The number of hydrogen-bond donors (Lipinski definition) is 1. The predicted octanol–water partition coefficient (Wildman–Crippen LogP) is 5.24. The van der Waals surface area contributed by atoms with Gasteiger partial charge >= 0.3 is 12.1 Å². The molecule has 0 heterocycles. The minimum absolute atomic E-state index is 0.0114. The van der Waals surface area contributed by atoms with E-state index in [1.165, 1.54) is 19.2 Å². The van der Waals surface area contributed by atoms with Gasteiger partial charge in [0.2, 0.25) is 0 Å². The van der Waals surface area contributed by atoms with Crippen LogP contribution in [0.5, 0.6) is 0 Å². The third-order valence-electron chi connectivity index (χ3n) is 6.54. The number of amides is 1. The topological polar surface area (TPSA) is 108 Å². The summed E-state index contributed by atoms with van der Waals surface area (Å²) in [4.78, 5) is 35.3. The van der Waals surface area contributed by atoms with Crippen LogP contribution < -0.4 is 5.32 Å². The van der Waals surface area contributed by atoms with Gasteiger partial charge in [-0.25, -0.2) is 4.79 Å². The van der Waals surface area contributed by atoms with Gasteiger partial charge in [0.05, 0.1) is 18.0 Å². The molecule has 0 saturated heterocycles. The summed E-state index contributed by atoms with van der Waals surface area (Å²) in [5, 5.41) is 13.8. The molecular weight excluding hydrogens is 460 g/mol. The highest BCUT2D eigenvalue weighted by atomic mass is 16.6. The number of methoxy groups -OCH3 is 1. The molecule has 8 heteroatoms. The number of nitro benzene ring substituents is 1. The molecule has 1 N–H and O–H groups in total. The number of nitro groups is 1. The smallest absolute Gasteiger partial charge is 0.407 e. The number of fused-ring (bicyclic) bond motifs is 3. The Morgan fingerprint density at radius 1 is 0.972 bits per heavy atom. The summed E-state index contributed by atoms with van der Waals surface area (Å²) >= 11 is 0. The van der Waals surface area contributed by atoms with Crippen molar-refractivity contribution in [2.24, 2.45) is 5.92 Å². The molecule has 0 bridgehead atoms. The van der Waals surface area contributed by atoms with Crippen LogP contribution in [0.1, 0.15) is 36.0 Å². The van der Waals surface area contributed by atoms with Crippen LogP contribution in [0.2, 0.25) is 0 Å². The zero-order valence-electron chi connectivity index (χ0n) is 20.2. The standard InChI is InChI=1S/C28H28N2O6/c1-18(27(31)35-2)15-20(16-19-11-13-21(14-12-19)30(33)34)29-28(32)36-17-26-24-9-5-3-7-22(24)23-8-4-6-10-25(23)26/h3-14,18,20,26H,15-17H2,1-2H3,(H,29,32)/t18-,20+/m0/s1. The van der Waals surface area contributed by atoms with Crippen LogP contribution >= 0.6 is 0 Å². The number of nitrogens with one attached hydrogen (secondary N) is 1. The van der Waals surface area contributed by atoms with E-state index in [4.69, 9.17) is 9.47 Å². The van der Waals surface area contributed by atoms with Crippen LogP contribution in [0.4, 0.5) is 10.5 Å². The largest absolute Gasteiger partial charge is 0.469 e.